The molecular formula is C24H20ClNO6. The smallest absolute Gasteiger partial charge is 0.300 e. The zero-order valence-electron chi connectivity index (χ0n) is 17.6. The number of Topliss-reactive ketones (excluding diaryl/α,β-unsaturated/α-hetero) is 1. The molecule has 0 bridgehead atoms. The van der Waals surface area contributed by atoms with Crippen LogP contribution in [0, 0.1) is 6.92 Å². The van der Waals surface area contributed by atoms with Crippen LogP contribution in [0.5, 0.6) is 11.5 Å². The summed E-state index contributed by atoms with van der Waals surface area (Å²) in [7, 11) is 2.94. The molecule has 1 N–H and O–H groups in total. The number of ether oxygens (including phenoxy) is 2. The molecular weight excluding hydrogens is 434 g/mol. The van der Waals surface area contributed by atoms with Gasteiger partial charge in [0.15, 0.2) is 0 Å². The number of aryl methyl sites for hydroxylation is 1. The van der Waals surface area contributed by atoms with Crippen LogP contribution in [0.1, 0.15) is 23.1 Å². The predicted molar refractivity (Wildman–Crippen MR) is 119 cm³/mol. The number of hydrogen-bond donors (Lipinski definition) is 1. The van der Waals surface area contributed by atoms with E-state index >= 15 is 0 Å². The van der Waals surface area contributed by atoms with Crippen molar-refractivity contribution in [2.24, 2.45) is 0 Å². The highest BCUT2D eigenvalue weighted by atomic mass is 35.5. The van der Waals surface area contributed by atoms with Crippen LogP contribution in [0.25, 0.3) is 5.76 Å². The van der Waals surface area contributed by atoms with E-state index in [1.807, 2.05) is 0 Å². The summed E-state index contributed by atoms with van der Waals surface area (Å²) >= 11 is 6.31. The minimum Gasteiger partial charge on any atom is -0.507 e. The molecule has 1 aliphatic rings. The van der Waals surface area contributed by atoms with Gasteiger partial charge in [-0.25, -0.2) is 0 Å². The van der Waals surface area contributed by atoms with Gasteiger partial charge in [0, 0.05) is 5.56 Å². The lowest BCUT2D eigenvalue weighted by Crippen LogP contribution is -2.29. The molecule has 0 spiro atoms. The predicted octanol–water partition coefficient (Wildman–Crippen LogP) is 4.88. The Labute approximate surface area is 189 Å². The maximum atomic E-state index is 13.2. The van der Waals surface area contributed by atoms with Crippen molar-refractivity contribution in [2.45, 2.75) is 13.0 Å². The number of ketones is 1. The molecule has 1 saturated heterocycles. The molecule has 0 saturated carbocycles. The number of para-hydroxylation sites is 2. The van der Waals surface area contributed by atoms with Crippen molar-refractivity contribution >= 4 is 34.7 Å². The van der Waals surface area contributed by atoms with E-state index < -0.39 is 23.5 Å². The van der Waals surface area contributed by atoms with Gasteiger partial charge in [0.25, 0.3) is 11.7 Å². The lowest BCUT2D eigenvalue weighted by molar-refractivity contribution is -0.132. The number of carbonyl (C=O) groups is 2. The third kappa shape index (κ3) is 3.50. The molecule has 3 aromatic rings. The quantitative estimate of drug-likeness (QED) is 0.336. The number of aliphatic hydroxyl groups excluding tert-OH is 1. The minimum atomic E-state index is -1.03. The summed E-state index contributed by atoms with van der Waals surface area (Å²) in [6.45, 7) is 1.75. The number of amides is 1. The van der Waals surface area contributed by atoms with Gasteiger partial charge >= 0.3 is 0 Å². The van der Waals surface area contributed by atoms with Gasteiger partial charge in [-0.2, -0.15) is 0 Å². The molecule has 0 aliphatic carbocycles. The van der Waals surface area contributed by atoms with Crippen molar-refractivity contribution in [1.29, 1.82) is 0 Å². The zero-order chi connectivity index (χ0) is 23.0. The van der Waals surface area contributed by atoms with Crippen LogP contribution in [0.15, 0.2) is 64.6 Å². The third-order valence-electron chi connectivity index (χ3n) is 5.25. The maximum Gasteiger partial charge on any atom is 0.300 e. The van der Waals surface area contributed by atoms with E-state index in [0.29, 0.717) is 28.7 Å². The van der Waals surface area contributed by atoms with Gasteiger partial charge in [0.2, 0.25) is 0 Å². The Bertz CT molecular complexity index is 1240. The summed E-state index contributed by atoms with van der Waals surface area (Å²) in [6, 6.07) is 13.8. The number of methoxy groups -OCH3 is 2. The minimum absolute atomic E-state index is 0.148. The van der Waals surface area contributed by atoms with Crippen LogP contribution >= 0.6 is 11.6 Å². The molecule has 1 aromatic heterocycles. The van der Waals surface area contributed by atoms with Gasteiger partial charge in [0.1, 0.15) is 34.8 Å². The summed E-state index contributed by atoms with van der Waals surface area (Å²) < 4.78 is 16.4. The molecule has 32 heavy (non-hydrogen) atoms. The van der Waals surface area contributed by atoms with Crippen molar-refractivity contribution < 1.29 is 28.6 Å². The van der Waals surface area contributed by atoms with Gasteiger partial charge < -0.3 is 19.0 Å². The molecule has 1 fully saturated rings. The van der Waals surface area contributed by atoms with Crippen molar-refractivity contribution in [3.63, 3.8) is 0 Å². The molecule has 0 radical (unpaired) electrons. The van der Waals surface area contributed by atoms with Crippen LogP contribution in [0.2, 0.25) is 5.02 Å². The summed E-state index contributed by atoms with van der Waals surface area (Å²) in [4.78, 5) is 27.7. The molecule has 164 valence electrons. The number of furan rings is 1. The van der Waals surface area contributed by atoms with Gasteiger partial charge in [-0.1, -0.05) is 23.7 Å². The molecule has 1 aliphatic heterocycles. The van der Waals surface area contributed by atoms with E-state index in [0.717, 1.165) is 0 Å². The van der Waals surface area contributed by atoms with Gasteiger partial charge in [-0.15, -0.1) is 0 Å². The summed E-state index contributed by atoms with van der Waals surface area (Å²) in [6.07, 6.45) is 0. The summed E-state index contributed by atoms with van der Waals surface area (Å²) in [5.74, 6) is -0.398. The van der Waals surface area contributed by atoms with E-state index in [4.69, 9.17) is 25.5 Å². The Morgan fingerprint density at radius 1 is 1.06 bits per heavy atom. The van der Waals surface area contributed by atoms with Crippen LogP contribution < -0.4 is 14.4 Å². The Balaban J connectivity index is 1.99. The number of carbonyl (C=O) groups excluding carboxylic acids is 2. The molecule has 1 amide bonds. The summed E-state index contributed by atoms with van der Waals surface area (Å²) in [5.41, 5.74) is 0.384. The molecule has 2 heterocycles. The van der Waals surface area contributed by atoms with E-state index in [2.05, 4.69) is 0 Å². The van der Waals surface area contributed by atoms with Crippen molar-refractivity contribution in [3.05, 3.63) is 82.3 Å². The first-order valence-corrected chi connectivity index (χ1v) is 10.1. The van der Waals surface area contributed by atoms with E-state index in [1.165, 1.54) is 31.3 Å². The molecule has 7 nitrogen and oxygen atoms in total. The first kappa shape index (κ1) is 21.5. The Morgan fingerprint density at radius 3 is 2.47 bits per heavy atom. The largest absolute Gasteiger partial charge is 0.507 e. The van der Waals surface area contributed by atoms with Crippen LogP contribution in [-0.4, -0.2) is 31.0 Å². The molecule has 1 atom stereocenters. The molecule has 4 rings (SSSR count). The number of benzene rings is 2. The summed E-state index contributed by atoms with van der Waals surface area (Å²) in [5, 5.41) is 11.4. The van der Waals surface area contributed by atoms with E-state index in [1.54, 1.807) is 49.4 Å². The lowest BCUT2D eigenvalue weighted by Gasteiger charge is -2.25. The Hall–Kier alpha value is -3.71. The van der Waals surface area contributed by atoms with Crippen molar-refractivity contribution in [2.75, 3.05) is 19.1 Å². The second-order valence-electron chi connectivity index (χ2n) is 7.14. The SMILES string of the molecule is COc1ccc(Cl)c(/C(O)=C2\C(=O)C(=O)N(c3ccccc3OC)C2c2ccc(C)o2)c1. The zero-order valence-corrected chi connectivity index (χ0v) is 18.3. The molecule has 1 unspecified atom stereocenters. The third-order valence-corrected chi connectivity index (χ3v) is 5.58. The lowest BCUT2D eigenvalue weighted by atomic mass is 9.99. The standard InChI is InChI=1S/C24H20ClNO6/c1-13-8-11-19(32-13)21-20(22(27)15-12-14(30-2)9-10-16(15)25)23(28)24(29)26(21)17-6-4-5-7-18(17)31-3/h4-12,21,27H,1-3H3/b22-20+. The second-order valence-corrected chi connectivity index (χ2v) is 7.54. The monoisotopic (exact) mass is 453 g/mol. The Kier molecular flexibility index (Phi) is 5.67. The topological polar surface area (TPSA) is 89.2 Å². The van der Waals surface area contributed by atoms with Crippen LogP contribution in [0.3, 0.4) is 0 Å². The van der Waals surface area contributed by atoms with Gasteiger partial charge in [-0.05, 0) is 49.4 Å². The highest BCUT2D eigenvalue weighted by Crippen LogP contribution is 2.46. The average Bonchev–Trinajstić information content (AvgIpc) is 3.34. The highest BCUT2D eigenvalue weighted by molar-refractivity contribution is 6.52. The maximum absolute atomic E-state index is 13.2. The van der Waals surface area contributed by atoms with Crippen LogP contribution in [0.4, 0.5) is 5.69 Å². The molecule has 8 heteroatoms. The number of nitrogens with zero attached hydrogens (tertiary/aromatic N) is 1. The number of anilines is 1. The normalized spacial score (nSPS) is 17.6. The number of rotatable bonds is 5. The first-order chi connectivity index (χ1) is 15.4. The highest BCUT2D eigenvalue weighted by Gasteiger charge is 2.49. The number of hydrogen-bond acceptors (Lipinski definition) is 6. The average molecular weight is 454 g/mol. The number of halogens is 1. The Morgan fingerprint density at radius 2 is 1.81 bits per heavy atom. The fourth-order valence-corrected chi connectivity index (χ4v) is 3.94. The van der Waals surface area contributed by atoms with E-state index in [9.17, 15) is 14.7 Å². The second kappa shape index (κ2) is 8.43. The number of aliphatic hydroxyl groups is 1. The van der Waals surface area contributed by atoms with Gasteiger partial charge in [-0.3, -0.25) is 14.5 Å². The van der Waals surface area contributed by atoms with Crippen LogP contribution in [-0.2, 0) is 9.59 Å². The van der Waals surface area contributed by atoms with Gasteiger partial charge in [0.05, 0.1) is 30.5 Å². The van der Waals surface area contributed by atoms with E-state index in [-0.39, 0.29) is 16.2 Å². The first-order valence-electron chi connectivity index (χ1n) is 9.71. The van der Waals surface area contributed by atoms with Crippen molar-refractivity contribution in [3.8, 4) is 11.5 Å². The molecule has 2 aromatic carbocycles. The fourth-order valence-electron chi connectivity index (χ4n) is 3.74. The fraction of sp³-hybridized carbons (Fsp3) is 0.167. The van der Waals surface area contributed by atoms with Crippen molar-refractivity contribution in [1.82, 2.24) is 0 Å².